The summed E-state index contributed by atoms with van der Waals surface area (Å²) in [6.07, 6.45) is 0.911. The number of rotatable bonds is 7. The van der Waals surface area contributed by atoms with Crippen LogP contribution in [0.15, 0.2) is 47.8 Å². The van der Waals surface area contributed by atoms with Gasteiger partial charge in [-0.25, -0.2) is 9.37 Å². The van der Waals surface area contributed by atoms with Crippen LogP contribution in [0.5, 0.6) is 11.5 Å². The molecule has 0 unspecified atom stereocenters. The number of thiazole rings is 1. The lowest BCUT2D eigenvalue weighted by molar-refractivity contribution is 0.0977. The summed E-state index contributed by atoms with van der Waals surface area (Å²) in [6.45, 7) is 2.65. The third-order valence-corrected chi connectivity index (χ3v) is 4.95. The summed E-state index contributed by atoms with van der Waals surface area (Å²) in [5.41, 5.74) is 1.65. The fraction of sp³-hybridized carbons (Fsp3) is 0.190. The maximum atomic E-state index is 13.9. The molecule has 30 heavy (non-hydrogen) atoms. The Bertz CT molecular complexity index is 1040. The molecule has 0 fully saturated rings. The number of methoxy groups -OCH3 is 1. The van der Waals surface area contributed by atoms with E-state index in [1.165, 1.54) is 24.5 Å². The average molecular weight is 446 g/mol. The monoisotopic (exact) mass is 445 g/mol. The number of halogens is 1. The van der Waals surface area contributed by atoms with Crippen molar-refractivity contribution in [2.75, 3.05) is 19.0 Å². The zero-order chi connectivity index (χ0) is 21.5. The molecule has 0 spiro atoms. The van der Waals surface area contributed by atoms with E-state index in [0.29, 0.717) is 34.3 Å². The van der Waals surface area contributed by atoms with Gasteiger partial charge in [-0.2, -0.15) is 0 Å². The van der Waals surface area contributed by atoms with Gasteiger partial charge in [0.15, 0.2) is 21.8 Å². The normalized spacial score (nSPS) is 10.4. The van der Waals surface area contributed by atoms with Gasteiger partial charge >= 0.3 is 0 Å². The number of aromatic nitrogens is 1. The molecule has 156 valence electrons. The van der Waals surface area contributed by atoms with E-state index in [-0.39, 0.29) is 16.8 Å². The largest absolute Gasteiger partial charge is 0.494 e. The minimum atomic E-state index is -0.466. The van der Waals surface area contributed by atoms with Crippen LogP contribution in [-0.4, -0.2) is 29.7 Å². The Labute approximate surface area is 183 Å². The van der Waals surface area contributed by atoms with Crippen molar-refractivity contribution < 1.29 is 18.7 Å². The molecular formula is C21H20FN3O3S2. The van der Waals surface area contributed by atoms with Crippen LogP contribution in [0.25, 0.3) is 11.3 Å². The number of thiocarbonyl (C=S) groups is 1. The number of ether oxygens (including phenoxy) is 2. The van der Waals surface area contributed by atoms with Crippen LogP contribution in [0.3, 0.4) is 0 Å². The molecule has 3 rings (SSSR count). The Morgan fingerprint density at radius 3 is 2.67 bits per heavy atom. The second-order valence-electron chi connectivity index (χ2n) is 6.17. The molecule has 3 aromatic rings. The quantitative estimate of drug-likeness (QED) is 0.506. The SMILES string of the molecule is CCCOc1ccc(C(=O)NC(=S)Nc2nc(-c3ccc(OC)c(F)c3)cs2)cc1. The molecule has 1 heterocycles. The molecule has 0 atom stereocenters. The fourth-order valence-corrected chi connectivity index (χ4v) is 3.49. The van der Waals surface area contributed by atoms with Crippen molar-refractivity contribution in [1.82, 2.24) is 10.3 Å². The summed E-state index contributed by atoms with van der Waals surface area (Å²) in [4.78, 5) is 16.7. The van der Waals surface area contributed by atoms with E-state index in [9.17, 15) is 9.18 Å². The van der Waals surface area contributed by atoms with Crippen molar-refractivity contribution in [3.8, 4) is 22.8 Å². The van der Waals surface area contributed by atoms with E-state index < -0.39 is 5.82 Å². The van der Waals surface area contributed by atoms with Crippen LogP contribution in [0.4, 0.5) is 9.52 Å². The molecule has 0 radical (unpaired) electrons. The molecule has 0 aliphatic rings. The lowest BCUT2D eigenvalue weighted by atomic mass is 10.1. The zero-order valence-electron chi connectivity index (χ0n) is 16.4. The number of carbonyl (C=O) groups excluding carboxylic acids is 1. The Morgan fingerprint density at radius 1 is 1.23 bits per heavy atom. The molecule has 1 amide bonds. The molecular weight excluding hydrogens is 425 g/mol. The standard InChI is InChI=1S/C21H20FN3O3S2/c1-3-10-28-15-7-4-13(5-8-15)19(26)24-20(29)25-21-23-17(12-30-21)14-6-9-18(27-2)16(22)11-14/h4-9,11-12H,3,10H2,1-2H3,(H2,23,24,25,26,29). The Balaban J connectivity index is 1.58. The summed E-state index contributed by atoms with van der Waals surface area (Å²) in [7, 11) is 1.41. The van der Waals surface area contributed by atoms with Crippen molar-refractivity contribution in [2.45, 2.75) is 13.3 Å². The highest BCUT2D eigenvalue weighted by Crippen LogP contribution is 2.28. The number of benzene rings is 2. The van der Waals surface area contributed by atoms with Gasteiger partial charge in [0.05, 0.1) is 19.4 Å². The van der Waals surface area contributed by atoms with Crippen LogP contribution < -0.4 is 20.1 Å². The number of carbonyl (C=O) groups is 1. The van der Waals surface area contributed by atoms with Gasteiger partial charge in [-0.3, -0.25) is 10.1 Å². The van der Waals surface area contributed by atoms with Crippen LogP contribution >= 0.6 is 23.6 Å². The molecule has 6 nitrogen and oxygen atoms in total. The lowest BCUT2D eigenvalue weighted by Crippen LogP contribution is -2.34. The van der Waals surface area contributed by atoms with Crippen molar-refractivity contribution >= 4 is 39.7 Å². The van der Waals surface area contributed by atoms with Crippen molar-refractivity contribution in [1.29, 1.82) is 0 Å². The molecule has 0 saturated heterocycles. The Morgan fingerprint density at radius 2 is 2.00 bits per heavy atom. The molecule has 0 aliphatic heterocycles. The summed E-state index contributed by atoms with van der Waals surface area (Å²) >= 11 is 6.49. The smallest absolute Gasteiger partial charge is 0.257 e. The highest BCUT2D eigenvalue weighted by molar-refractivity contribution is 7.80. The van der Waals surface area contributed by atoms with Crippen molar-refractivity contribution in [2.24, 2.45) is 0 Å². The third-order valence-electron chi connectivity index (χ3n) is 3.99. The number of hydrogen-bond donors (Lipinski definition) is 2. The number of amides is 1. The fourth-order valence-electron chi connectivity index (χ4n) is 2.52. The molecule has 0 bridgehead atoms. The molecule has 0 saturated carbocycles. The highest BCUT2D eigenvalue weighted by Gasteiger charge is 2.12. The van der Waals surface area contributed by atoms with Gasteiger partial charge in [-0.15, -0.1) is 11.3 Å². The number of nitrogens with zero attached hydrogens (tertiary/aromatic N) is 1. The number of nitrogens with one attached hydrogen (secondary N) is 2. The van der Waals surface area contributed by atoms with E-state index in [0.717, 1.165) is 6.42 Å². The van der Waals surface area contributed by atoms with Gasteiger partial charge < -0.3 is 14.8 Å². The minimum absolute atomic E-state index is 0.119. The second-order valence-corrected chi connectivity index (χ2v) is 7.43. The average Bonchev–Trinajstić information content (AvgIpc) is 3.20. The second kappa shape index (κ2) is 10.1. The van der Waals surface area contributed by atoms with Gasteiger partial charge in [0.2, 0.25) is 0 Å². The lowest BCUT2D eigenvalue weighted by Gasteiger charge is -2.08. The molecule has 0 aliphatic carbocycles. The Hall–Kier alpha value is -3.04. The first kappa shape index (κ1) is 21.7. The summed E-state index contributed by atoms with van der Waals surface area (Å²) in [5.74, 6) is 0.0653. The van der Waals surface area contributed by atoms with Crippen molar-refractivity contribution in [3.05, 3.63) is 59.2 Å². The van der Waals surface area contributed by atoms with Crippen LogP contribution in [0.1, 0.15) is 23.7 Å². The first-order chi connectivity index (χ1) is 14.5. The predicted molar refractivity (Wildman–Crippen MR) is 120 cm³/mol. The summed E-state index contributed by atoms with van der Waals surface area (Å²) < 4.78 is 24.3. The Kier molecular flexibility index (Phi) is 7.31. The van der Waals surface area contributed by atoms with Gasteiger partial charge in [-0.1, -0.05) is 6.92 Å². The van der Waals surface area contributed by atoms with Crippen molar-refractivity contribution in [3.63, 3.8) is 0 Å². The van der Waals surface area contributed by atoms with Gasteiger partial charge in [0.1, 0.15) is 5.75 Å². The topological polar surface area (TPSA) is 72.5 Å². The summed E-state index contributed by atoms with van der Waals surface area (Å²) in [5, 5.41) is 7.85. The predicted octanol–water partition coefficient (Wildman–Crippen LogP) is 4.87. The zero-order valence-corrected chi connectivity index (χ0v) is 18.0. The van der Waals surface area contributed by atoms with E-state index >= 15 is 0 Å². The van der Waals surface area contributed by atoms with E-state index in [4.69, 9.17) is 21.7 Å². The van der Waals surface area contributed by atoms with Gasteiger partial charge in [-0.05, 0) is 61.1 Å². The van der Waals surface area contributed by atoms with Crippen LogP contribution in [0.2, 0.25) is 0 Å². The molecule has 1 aromatic heterocycles. The van der Waals surface area contributed by atoms with E-state index in [2.05, 4.69) is 15.6 Å². The first-order valence-corrected chi connectivity index (χ1v) is 10.4. The van der Waals surface area contributed by atoms with Crippen LogP contribution in [-0.2, 0) is 0 Å². The van der Waals surface area contributed by atoms with Crippen LogP contribution in [0, 0.1) is 5.82 Å². The molecule has 9 heteroatoms. The molecule has 2 N–H and O–H groups in total. The number of anilines is 1. The van der Waals surface area contributed by atoms with Gasteiger partial charge in [0.25, 0.3) is 5.91 Å². The molecule has 2 aromatic carbocycles. The highest BCUT2D eigenvalue weighted by atomic mass is 32.1. The first-order valence-electron chi connectivity index (χ1n) is 9.14. The maximum Gasteiger partial charge on any atom is 0.257 e. The number of hydrogen-bond acceptors (Lipinski definition) is 6. The minimum Gasteiger partial charge on any atom is -0.494 e. The van der Waals surface area contributed by atoms with Gasteiger partial charge in [0, 0.05) is 16.5 Å². The third kappa shape index (κ3) is 5.52. The van der Waals surface area contributed by atoms with E-state index in [1.54, 1.807) is 41.8 Å². The summed E-state index contributed by atoms with van der Waals surface area (Å²) in [6, 6.07) is 11.4. The maximum absolute atomic E-state index is 13.9. The van der Waals surface area contributed by atoms with E-state index in [1.807, 2.05) is 6.92 Å².